The summed E-state index contributed by atoms with van der Waals surface area (Å²) in [5.41, 5.74) is 1.82. The van der Waals surface area contributed by atoms with Crippen molar-refractivity contribution in [3.63, 3.8) is 0 Å². The maximum Gasteiger partial charge on any atom is 0.435 e. The first-order valence-electron chi connectivity index (χ1n) is 4.69. The highest BCUT2D eigenvalue weighted by Crippen LogP contribution is 2.20. The van der Waals surface area contributed by atoms with Crippen LogP contribution in [0, 0.1) is 12.6 Å². The molecule has 3 rings (SSSR count). The fraction of sp³-hybridized carbons (Fsp3) is 0. The van der Waals surface area contributed by atoms with Crippen molar-refractivity contribution in [2.24, 2.45) is 0 Å². The van der Waals surface area contributed by atoms with Crippen LogP contribution in [0.5, 0.6) is 0 Å². The molecule has 0 aliphatic heterocycles. The molecule has 1 aromatic carbocycles. The van der Waals surface area contributed by atoms with Crippen LogP contribution < -0.4 is 10.6 Å². The van der Waals surface area contributed by atoms with E-state index in [0.717, 1.165) is 10.6 Å². The fourth-order valence-corrected chi connectivity index (χ4v) is 2.04. The van der Waals surface area contributed by atoms with E-state index in [1.165, 1.54) is 0 Å². The summed E-state index contributed by atoms with van der Waals surface area (Å²) >= 11 is 6.04. The van der Waals surface area contributed by atoms with Crippen LogP contribution in [0.15, 0.2) is 28.7 Å². The van der Waals surface area contributed by atoms with E-state index in [1.807, 2.05) is 12.1 Å². The highest BCUT2D eigenvalue weighted by atomic mass is 35.5. The van der Waals surface area contributed by atoms with E-state index in [4.69, 9.17) is 22.6 Å². The lowest BCUT2D eigenvalue weighted by molar-refractivity contribution is 0.575. The molecule has 0 saturated carbocycles. The Hall–Kier alpha value is -2.07. The van der Waals surface area contributed by atoms with Gasteiger partial charge in [-0.2, -0.15) is 0 Å². The molecule has 0 spiro atoms. The summed E-state index contributed by atoms with van der Waals surface area (Å²) in [7, 11) is 0. The smallest absolute Gasteiger partial charge is 0.394 e. The second-order valence-electron chi connectivity index (χ2n) is 3.41. The molecule has 0 N–H and O–H groups in total. The molecular formula is C13H5ClNO+. The molecule has 1 aliphatic carbocycles. The number of allylic oxidation sites excluding steroid dienone is 1. The summed E-state index contributed by atoms with van der Waals surface area (Å²) in [4.78, 5) is 3.47. The number of hydrogen-bond donors (Lipinski definition) is 0. The first-order valence-corrected chi connectivity index (χ1v) is 5.07. The topological polar surface area (TPSA) is 17.5 Å². The predicted molar refractivity (Wildman–Crippen MR) is 62.8 cm³/mol. The minimum atomic E-state index is 0.540. The van der Waals surface area contributed by atoms with Gasteiger partial charge in [0.1, 0.15) is 12.6 Å². The van der Waals surface area contributed by atoms with Crippen LogP contribution in [0.2, 0.25) is 5.02 Å². The van der Waals surface area contributed by atoms with Gasteiger partial charge in [0.2, 0.25) is 5.22 Å². The second kappa shape index (κ2) is 3.21. The Morgan fingerprint density at radius 1 is 1.38 bits per heavy atom. The average Bonchev–Trinajstić information content (AvgIpc) is 2.69. The Morgan fingerprint density at radius 2 is 2.25 bits per heavy atom. The van der Waals surface area contributed by atoms with E-state index in [0.29, 0.717) is 21.7 Å². The number of fused-ring (bicyclic) bond motifs is 3. The van der Waals surface area contributed by atoms with Crippen LogP contribution in [0.3, 0.4) is 0 Å². The SMILES string of the molecule is [C-]#[N+]C1=c2c(oc3c(Cl)cccc23)=C[C+]=C1. The van der Waals surface area contributed by atoms with Gasteiger partial charge >= 0.3 is 5.70 Å². The summed E-state index contributed by atoms with van der Waals surface area (Å²) in [5, 5.41) is 2.25. The molecule has 0 radical (unpaired) electrons. The number of nitrogens with zero attached hydrogens (tertiary/aromatic N) is 1. The zero-order chi connectivity index (χ0) is 11.1. The third-order valence-electron chi connectivity index (χ3n) is 2.51. The maximum atomic E-state index is 7.12. The molecule has 0 atom stereocenters. The average molecular weight is 227 g/mol. The standard InChI is InChI=1S/C13H5ClNO/c1-15-10-6-3-7-11-12(10)8-4-2-5-9(14)13(8)16-11/h2,4-7H/q+1. The highest BCUT2D eigenvalue weighted by Gasteiger charge is 2.23. The number of rotatable bonds is 0. The quantitative estimate of drug-likeness (QED) is 0.630. The van der Waals surface area contributed by atoms with Crippen LogP contribution in [0.25, 0.3) is 27.6 Å². The lowest BCUT2D eigenvalue weighted by Gasteiger charge is -1.87. The van der Waals surface area contributed by atoms with Crippen LogP contribution in [-0.4, -0.2) is 0 Å². The van der Waals surface area contributed by atoms with Crippen LogP contribution in [-0.2, 0) is 0 Å². The van der Waals surface area contributed by atoms with Crippen LogP contribution in [0.4, 0.5) is 0 Å². The Kier molecular flexibility index (Phi) is 1.84. The molecule has 1 heterocycles. The number of halogens is 1. The molecule has 74 valence electrons. The van der Waals surface area contributed by atoms with E-state index in [1.54, 1.807) is 18.2 Å². The van der Waals surface area contributed by atoms with Crippen molar-refractivity contribution >= 4 is 34.3 Å². The minimum absolute atomic E-state index is 0.540. The van der Waals surface area contributed by atoms with Gasteiger partial charge in [0.15, 0.2) is 11.7 Å². The van der Waals surface area contributed by atoms with E-state index in [-0.39, 0.29) is 0 Å². The zero-order valence-corrected chi connectivity index (χ0v) is 8.88. The Balaban J connectivity index is 2.68. The molecule has 2 nitrogen and oxygen atoms in total. The number of furan rings is 1. The summed E-state index contributed by atoms with van der Waals surface area (Å²) in [6.45, 7) is 7.12. The Labute approximate surface area is 96.6 Å². The largest absolute Gasteiger partial charge is 0.435 e. The molecule has 0 fully saturated rings. The van der Waals surface area contributed by atoms with Gasteiger partial charge in [-0.15, -0.1) is 0 Å². The van der Waals surface area contributed by atoms with Gasteiger partial charge in [0.05, 0.1) is 16.5 Å². The molecule has 0 saturated heterocycles. The van der Waals surface area contributed by atoms with Crippen molar-refractivity contribution in [1.29, 1.82) is 0 Å². The van der Waals surface area contributed by atoms with Crippen molar-refractivity contribution in [2.45, 2.75) is 0 Å². The molecule has 1 aliphatic rings. The third kappa shape index (κ3) is 1.10. The van der Waals surface area contributed by atoms with Gasteiger partial charge in [-0.25, -0.2) is 0 Å². The Morgan fingerprint density at radius 3 is 3.06 bits per heavy atom. The lowest BCUT2D eigenvalue weighted by atomic mass is 10.1. The van der Waals surface area contributed by atoms with Gasteiger partial charge in [-0.05, 0) is 12.1 Å². The molecule has 16 heavy (non-hydrogen) atoms. The third-order valence-corrected chi connectivity index (χ3v) is 2.80. The predicted octanol–water partition coefficient (Wildman–Crippen LogP) is 2.27. The van der Waals surface area contributed by atoms with Crippen LogP contribution >= 0.6 is 11.6 Å². The number of benzene rings is 1. The van der Waals surface area contributed by atoms with E-state index < -0.39 is 0 Å². The van der Waals surface area contributed by atoms with E-state index >= 15 is 0 Å². The molecule has 0 amide bonds. The summed E-state index contributed by atoms with van der Waals surface area (Å²) in [6.07, 6.45) is 6.27. The first kappa shape index (κ1) is 9.18. The normalized spacial score (nSPS) is 12.9. The number of para-hydroxylation sites is 1. The summed E-state index contributed by atoms with van der Waals surface area (Å²) < 4.78 is 5.62. The fourth-order valence-electron chi connectivity index (χ4n) is 1.83. The molecule has 0 unspecified atom stereocenters. The molecule has 3 heteroatoms. The monoisotopic (exact) mass is 226 g/mol. The minimum Gasteiger partial charge on any atom is -0.394 e. The highest BCUT2D eigenvalue weighted by molar-refractivity contribution is 6.34. The van der Waals surface area contributed by atoms with E-state index in [2.05, 4.69) is 10.9 Å². The summed E-state index contributed by atoms with van der Waals surface area (Å²) in [5.74, 6) is 0. The van der Waals surface area contributed by atoms with Gasteiger partial charge in [0.25, 0.3) is 5.42 Å². The van der Waals surface area contributed by atoms with Gasteiger partial charge < -0.3 is 4.42 Å². The maximum absolute atomic E-state index is 7.12. The van der Waals surface area contributed by atoms with Crippen molar-refractivity contribution in [3.05, 3.63) is 57.4 Å². The lowest BCUT2D eigenvalue weighted by Crippen LogP contribution is -2.23. The Bertz CT molecular complexity index is 775. The summed E-state index contributed by atoms with van der Waals surface area (Å²) in [6, 6.07) is 5.53. The zero-order valence-electron chi connectivity index (χ0n) is 8.12. The van der Waals surface area contributed by atoms with Gasteiger partial charge in [-0.3, -0.25) is 0 Å². The number of hydrogen-bond acceptors (Lipinski definition) is 1. The van der Waals surface area contributed by atoms with Crippen molar-refractivity contribution < 1.29 is 4.42 Å². The van der Waals surface area contributed by atoms with Crippen molar-refractivity contribution in [2.75, 3.05) is 0 Å². The van der Waals surface area contributed by atoms with Crippen LogP contribution in [0.1, 0.15) is 0 Å². The van der Waals surface area contributed by atoms with E-state index in [9.17, 15) is 0 Å². The second-order valence-corrected chi connectivity index (χ2v) is 3.82. The molecule has 1 aromatic heterocycles. The molecule has 0 bridgehead atoms. The van der Waals surface area contributed by atoms with Crippen molar-refractivity contribution in [3.8, 4) is 0 Å². The molecular weight excluding hydrogens is 222 g/mol. The van der Waals surface area contributed by atoms with Gasteiger partial charge in [-0.1, -0.05) is 22.5 Å². The first-order chi connectivity index (χ1) is 7.81. The van der Waals surface area contributed by atoms with Crippen molar-refractivity contribution in [1.82, 2.24) is 0 Å². The molecule has 2 aromatic rings. The van der Waals surface area contributed by atoms with Gasteiger partial charge in [0, 0.05) is 0 Å².